The number of nitrogens with one attached hydrogen (secondary N) is 3. The Balaban J connectivity index is 0.000000132. The number of anilines is 1. The van der Waals surface area contributed by atoms with E-state index in [2.05, 4.69) is 60.5 Å². The van der Waals surface area contributed by atoms with E-state index in [1.807, 2.05) is 6.92 Å². The van der Waals surface area contributed by atoms with Crippen molar-refractivity contribution in [3.05, 3.63) is 16.7 Å². The predicted molar refractivity (Wildman–Crippen MR) is 281 cm³/mol. The summed E-state index contributed by atoms with van der Waals surface area (Å²) in [5.41, 5.74) is 14.7. The number of aromatic amines is 1. The van der Waals surface area contributed by atoms with Gasteiger partial charge in [0.2, 0.25) is 5.95 Å². The molecule has 0 aliphatic carbocycles. The summed E-state index contributed by atoms with van der Waals surface area (Å²) in [6.45, 7) is 7.64. The maximum atomic E-state index is 14.2. The Labute approximate surface area is 463 Å². The van der Waals surface area contributed by atoms with Gasteiger partial charge in [-0.2, -0.15) is 4.98 Å². The number of alkyl halides is 2. The lowest BCUT2D eigenvalue weighted by molar-refractivity contribution is -0.211. The van der Waals surface area contributed by atoms with E-state index in [4.69, 9.17) is 46.4 Å². The van der Waals surface area contributed by atoms with Gasteiger partial charge in [0.15, 0.2) is 47.7 Å². The van der Waals surface area contributed by atoms with E-state index in [0.29, 0.717) is 5.84 Å². The number of guanidine groups is 1. The van der Waals surface area contributed by atoms with E-state index in [-0.39, 0.29) is 54.0 Å². The number of aromatic nitrogens is 4. The minimum absolute atomic E-state index is 0.0228. The topological polar surface area (TPSA) is 495 Å². The molecule has 22 atom stereocenters. The number of amidine groups is 1. The highest BCUT2D eigenvalue weighted by atomic mass is 19.2. The number of ether oxygens (including phenoxy) is 4. The molecule has 36 heteroatoms. The van der Waals surface area contributed by atoms with Crippen molar-refractivity contribution in [2.45, 2.75) is 150 Å². The number of rotatable bonds is 8. The molecule has 12 heterocycles. The third-order valence-corrected chi connectivity index (χ3v) is 16.1. The maximum Gasteiger partial charge on any atom is 0.280 e. The van der Waals surface area contributed by atoms with Crippen LogP contribution in [0, 0.1) is 23.7 Å². The van der Waals surface area contributed by atoms with Gasteiger partial charge in [-0.3, -0.25) is 44.2 Å². The second-order valence-electron chi connectivity index (χ2n) is 21.7. The smallest absolute Gasteiger partial charge is 0.280 e. The average Bonchev–Trinajstić information content (AvgIpc) is 4.45. The quantitative estimate of drug-likeness (QED) is 0.117. The van der Waals surface area contributed by atoms with Gasteiger partial charge >= 0.3 is 0 Å². The van der Waals surface area contributed by atoms with E-state index in [1.54, 1.807) is 49.0 Å². The summed E-state index contributed by atoms with van der Waals surface area (Å²) >= 11 is 0. The van der Waals surface area contributed by atoms with E-state index in [9.17, 15) is 53.8 Å². The van der Waals surface area contributed by atoms with Crippen molar-refractivity contribution in [3.63, 3.8) is 0 Å². The van der Waals surface area contributed by atoms with Gasteiger partial charge < -0.3 is 97.0 Å². The number of hydrogen-bond donors (Lipinski definition) is 14. The van der Waals surface area contributed by atoms with Crippen LogP contribution in [0.1, 0.15) is 47.8 Å². The van der Waals surface area contributed by atoms with Gasteiger partial charge in [-0.25, -0.2) is 33.7 Å². The molecule has 10 aliphatic heterocycles. The lowest BCUT2D eigenvalue weighted by Gasteiger charge is -2.33. The molecule has 0 aromatic carbocycles. The summed E-state index contributed by atoms with van der Waals surface area (Å²) in [5, 5.41) is 82.1. The molecule has 2 aromatic rings. The normalized spacial score (nSPS) is 42.9. The summed E-state index contributed by atoms with van der Waals surface area (Å²) in [5.74, 6) is -7.19. The van der Waals surface area contributed by atoms with Crippen LogP contribution in [-0.2, 0) is 28.5 Å². The van der Waals surface area contributed by atoms with Gasteiger partial charge in [-0.05, 0) is 13.8 Å². The Hall–Kier alpha value is -6.84. The van der Waals surface area contributed by atoms with E-state index >= 15 is 0 Å². The van der Waals surface area contributed by atoms with Gasteiger partial charge in [0, 0.05) is 23.7 Å². The van der Waals surface area contributed by atoms with Crippen molar-refractivity contribution in [3.8, 4) is 0 Å². The van der Waals surface area contributed by atoms with Crippen LogP contribution in [0.15, 0.2) is 46.1 Å². The fraction of sp³-hybridized carbons (Fsp3) is 0.696. The number of aliphatic hydroxyl groups excluding tert-OH is 8. The average molecular weight is 1160 g/mol. The summed E-state index contributed by atoms with van der Waals surface area (Å²) in [6, 6.07) is -1.82. The van der Waals surface area contributed by atoms with Crippen LogP contribution in [-0.4, -0.2) is 259 Å². The Kier molecular flexibility index (Phi) is 16.3. The standard InChI is InChI=1S/C12H17N5O4.C12H18N4O4.C11H16FN5O4.C11H16FN5O3/c1-5-7(19)12(2,3-18)21-10(5)17-4-14-6-8(17)15-11(13)16-9(6)20;1-6-8(18)12(2,3-17)20-11(6)16-5-15-7-9(16)13-4-14-10(7)19;1-4-6(19)11(12,2-18)21-9(4)17-3-14-5-7(17)15-10(13)16-8(5)20;1-5-7(19)11(12,2-18)20-10(5)17-4-16-6-8(13)14-3-15-9(6)17/h4-5,7,10,18-19H,3H2,1-2H3,(H3,13,15,16,20);4-9,11,17-18H,3H2,1-2H3,(H,13,14,19);3-7,9,18-19H,2H2,1H3,(H3,13,15,16,20);3-7,9-10,18-19H,2H2,1H3,(H2,13,14,15)/t5-,7-,10+,12+;6-,7?,8-,9?,11+,12+;4-,5?,6-,7?,9+,11+;5-,6?,7-,9?,10+,11+/m0000/s1. The van der Waals surface area contributed by atoms with Crippen molar-refractivity contribution in [1.82, 2.24) is 44.9 Å². The number of nitrogens with zero attached hydrogens (tertiary/aromatic N) is 13. The van der Waals surface area contributed by atoms with Crippen LogP contribution >= 0.6 is 0 Å². The van der Waals surface area contributed by atoms with Crippen molar-refractivity contribution in [1.29, 1.82) is 0 Å². The second-order valence-corrected chi connectivity index (χ2v) is 21.7. The van der Waals surface area contributed by atoms with Crippen LogP contribution < -0.4 is 33.4 Å². The fourth-order valence-electron chi connectivity index (χ4n) is 11.1. The summed E-state index contributed by atoms with van der Waals surface area (Å²) < 4.78 is 52.0. The third-order valence-electron chi connectivity index (χ3n) is 16.1. The van der Waals surface area contributed by atoms with Crippen LogP contribution in [0.2, 0.25) is 0 Å². The predicted octanol–water partition coefficient (Wildman–Crippen LogP) is -6.82. The molecule has 10 aliphatic rings. The molecular formula is C46H67F2N19O15. The molecule has 2 amide bonds. The number of amides is 2. The number of nitrogen functional groups attached to an aromatic ring is 1. The largest absolute Gasteiger partial charge is 0.393 e. The zero-order valence-corrected chi connectivity index (χ0v) is 44.9. The highest BCUT2D eigenvalue weighted by molar-refractivity contribution is 6.02. The number of aliphatic imine (C=N–C) groups is 7. The Bertz CT molecular complexity index is 3020. The molecule has 0 spiro atoms. The zero-order chi connectivity index (χ0) is 59.7. The monoisotopic (exact) mass is 1160 g/mol. The molecule has 0 bridgehead atoms. The van der Waals surface area contributed by atoms with Crippen molar-refractivity contribution in [2.24, 2.45) is 70.1 Å². The highest BCUT2D eigenvalue weighted by Crippen LogP contribution is 2.44. The SMILES string of the molecule is C[C@@H]1[C@H](N2C=NC3C(=O)NC(N)=NC32)O[C@](F)(CO)[C@H]1O.C[C@@H]1[C@H](N2C=NC3C(=O)NC=NC32)O[C@](C)(CO)[C@H]1O.C[C@@H]1[C@H](N2C=NC3C(N)=NC=NC32)O[C@](F)(CO)[C@H]1O.C[C@@H]1[C@H](n2cnc3c(=O)[nH]c(N)nc32)O[C@](C)(CO)[C@H]1O. The molecule has 82 heavy (non-hydrogen) atoms. The minimum Gasteiger partial charge on any atom is -0.393 e. The van der Waals surface area contributed by atoms with Crippen molar-refractivity contribution in [2.75, 3.05) is 32.2 Å². The first-order chi connectivity index (χ1) is 38.7. The molecule has 0 radical (unpaired) electrons. The van der Waals surface area contributed by atoms with Gasteiger partial charge in [-0.1, -0.05) is 27.7 Å². The molecule has 4 fully saturated rings. The number of halogens is 2. The lowest BCUT2D eigenvalue weighted by atomic mass is 9.92. The number of nitrogens with two attached hydrogens (primary N) is 3. The Morgan fingerprint density at radius 2 is 1.10 bits per heavy atom. The highest BCUT2D eigenvalue weighted by Gasteiger charge is 2.60. The molecule has 17 N–H and O–H groups in total. The number of imidazole rings is 1. The van der Waals surface area contributed by atoms with Crippen molar-refractivity contribution < 1.29 is 78.2 Å². The van der Waals surface area contributed by atoms with Gasteiger partial charge in [-0.15, -0.1) is 0 Å². The van der Waals surface area contributed by atoms with E-state index in [0.717, 1.165) is 0 Å². The minimum atomic E-state index is -2.55. The van der Waals surface area contributed by atoms with Crippen LogP contribution in [0.3, 0.4) is 0 Å². The third kappa shape index (κ3) is 10.2. The molecular weight excluding hydrogens is 1100 g/mol. The molecule has 6 unspecified atom stereocenters. The first-order valence-corrected chi connectivity index (χ1v) is 25.9. The Morgan fingerprint density at radius 3 is 1.62 bits per heavy atom. The van der Waals surface area contributed by atoms with E-state index in [1.165, 1.54) is 42.9 Å². The number of fused-ring (bicyclic) bond motifs is 4. The Morgan fingerprint density at radius 1 is 0.622 bits per heavy atom. The molecule has 450 valence electrons. The van der Waals surface area contributed by atoms with Crippen LogP contribution in [0.4, 0.5) is 14.7 Å². The zero-order valence-electron chi connectivity index (χ0n) is 44.9. The molecule has 2 aromatic heterocycles. The van der Waals surface area contributed by atoms with Gasteiger partial charge in [0.05, 0.1) is 57.1 Å². The molecule has 34 nitrogen and oxygen atoms in total. The number of H-pyrrole nitrogens is 1. The number of aliphatic hydroxyl groups is 8. The fourth-order valence-corrected chi connectivity index (χ4v) is 11.1. The summed E-state index contributed by atoms with van der Waals surface area (Å²) in [4.78, 5) is 79.1. The van der Waals surface area contributed by atoms with Crippen LogP contribution in [0.5, 0.6) is 0 Å². The van der Waals surface area contributed by atoms with Crippen LogP contribution in [0.25, 0.3) is 11.2 Å². The maximum absolute atomic E-state index is 14.2. The van der Waals surface area contributed by atoms with Gasteiger partial charge in [0.25, 0.3) is 29.1 Å². The first-order valence-electron chi connectivity index (χ1n) is 25.9. The van der Waals surface area contributed by atoms with E-state index < -0.39 is 145 Å². The summed E-state index contributed by atoms with van der Waals surface area (Å²) in [7, 11) is 0. The van der Waals surface area contributed by atoms with Crippen molar-refractivity contribution >= 4 is 72.4 Å². The second kappa shape index (κ2) is 22.4. The molecule has 12 rings (SSSR count). The van der Waals surface area contributed by atoms with Gasteiger partial charge in [0.1, 0.15) is 79.8 Å². The number of carbonyl (C=O) groups is 2. The lowest BCUT2D eigenvalue weighted by Crippen LogP contribution is -2.56. The first kappa shape index (κ1) is 59.8. The molecule has 4 saturated heterocycles. The summed E-state index contributed by atoms with van der Waals surface area (Å²) in [6.07, 6.45) is -0.615. The number of carbonyl (C=O) groups excluding carboxylic acids is 2. The molecule has 0 saturated carbocycles. The number of hydrogen-bond acceptors (Lipinski definition) is 30.